The summed E-state index contributed by atoms with van der Waals surface area (Å²) in [5, 5.41) is 0. The molecule has 4 heteroatoms. The van der Waals surface area contributed by atoms with Crippen molar-refractivity contribution >= 4 is 11.7 Å². The zero-order valence-corrected chi connectivity index (χ0v) is 12.2. The van der Waals surface area contributed by atoms with Crippen LogP contribution in [-0.2, 0) is 14.3 Å². The number of ether oxygens (including phenoxy) is 2. The molecule has 3 aliphatic heterocycles. The number of esters is 1. The van der Waals surface area contributed by atoms with Crippen LogP contribution in [0.5, 0.6) is 0 Å². The van der Waals surface area contributed by atoms with Crippen molar-refractivity contribution < 1.29 is 14.3 Å². The van der Waals surface area contributed by atoms with Gasteiger partial charge in [0.25, 0.3) is 0 Å². The fourth-order valence-electron chi connectivity index (χ4n) is 3.70. The highest BCUT2D eigenvalue weighted by molar-refractivity contribution is 6.14. The number of carbonyl (C=O) groups excluding carboxylic acids is 1. The van der Waals surface area contributed by atoms with Gasteiger partial charge in [0.1, 0.15) is 12.0 Å². The third-order valence-corrected chi connectivity index (χ3v) is 4.82. The van der Waals surface area contributed by atoms with Gasteiger partial charge >= 0.3 is 5.97 Å². The largest absolute Gasteiger partial charge is 0.461 e. The SMILES string of the molecule is CC(C)[C@@H]1C[C@@H]2OC(=O)[C@@H]3C(c4ccccc4)=N[C@H](O1)[C@@H]32. The molecule has 0 bridgehead atoms. The molecular weight excluding hydrogens is 266 g/mol. The first kappa shape index (κ1) is 13.0. The third-order valence-electron chi connectivity index (χ3n) is 4.82. The predicted molar refractivity (Wildman–Crippen MR) is 78.0 cm³/mol. The maximum atomic E-state index is 12.3. The number of hydrogen-bond acceptors (Lipinski definition) is 4. The quantitative estimate of drug-likeness (QED) is 0.784. The maximum absolute atomic E-state index is 12.3. The summed E-state index contributed by atoms with van der Waals surface area (Å²) in [5.41, 5.74) is 1.83. The Morgan fingerprint density at radius 3 is 2.71 bits per heavy atom. The van der Waals surface area contributed by atoms with Gasteiger partial charge in [-0.05, 0) is 11.5 Å². The van der Waals surface area contributed by atoms with Crippen LogP contribution in [-0.4, -0.2) is 30.1 Å². The number of carbonyl (C=O) groups is 1. The van der Waals surface area contributed by atoms with Gasteiger partial charge in [0, 0.05) is 6.42 Å². The molecule has 1 aromatic carbocycles. The normalized spacial score (nSPS) is 37.4. The average molecular weight is 285 g/mol. The van der Waals surface area contributed by atoms with E-state index in [2.05, 4.69) is 13.8 Å². The first-order chi connectivity index (χ1) is 10.1. The summed E-state index contributed by atoms with van der Waals surface area (Å²) < 4.78 is 11.8. The zero-order chi connectivity index (χ0) is 14.6. The van der Waals surface area contributed by atoms with Crippen LogP contribution in [0.3, 0.4) is 0 Å². The molecule has 1 aromatic rings. The zero-order valence-electron chi connectivity index (χ0n) is 12.2. The van der Waals surface area contributed by atoms with E-state index in [9.17, 15) is 4.79 Å². The molecule has 3 aliphatic rings. The van der Waals surface area contributed by atoms with Crippen LogP contribution in [0.15, 0.2) is 35.3 Å². The minimum absolute atomic E-state index is 0.0430. The van der Waals surface area contributed by atoms with Crippen LogP contribution in [0.1, 0.15) is 25.8 Å². The molecule has 0 aliphatic carbocycles. The van der Waals surface area contributed by atoms with Crippen LogP contribution >= 0.6 is 0 Å². The lowest BCUT2D eigenvalue weighted by molar-refractivity contribution is -0.152. The molecule has 0 spiro atoms. The molecule has 2 saturated heterocycles. The minimum atomic E-state index is -0.254. The fourth-order valence-corrected chi connectivity index (χ4v) is 3.70. The van der Waals surface area contributed by atoms with Gasteiger partial charge in [-0.1, -0.05) is 44.2 Å². The van der Waals surface area contributed by atoms with E-state index in [1.807, 2.05) is 30.3 Å². The molecule has 110 valence electrons. The van der Waals surface area contributed by atoms with E-state index in [4.69, 9.17) is 14.5 Å². The number of rotatable bonds is 2. The van der Waals surface area contributed by atoms with Crippen molar-refractivity contribution in [2.45, 2.75) is 38.7 Å². The highest BCUT2D eigenvalue weighted by atomic mass is 16.6. The smallest absolute Gasteiger partial charge is 0.315 e. The lowest BCUT2D eigenvalue weighted by Gasteiger charge is -2.35. The molecule has 3 heterocycles. The molecule has 0 saturated carbocycles. The van der Waals surface area contributed by atoms with E-state index >= 15 is 0 Å². The molecule has 0 radical (unpaired) electrons. The van der Waals surface area contributed by atoms with Crippen LogP contribution in [0, 0.1) is 17.8 Å². The van der Waals surface area contributed by atoms with Crippen molar-refractivity contribution in [1.29, 1.82) is 0 Å². The molecule has 2 fully saturated rings. The van der Waals surface area contributed by atoms with Gasteiger partial charge in [-0.15, -0.1) is 0 Å². The second-order valence-corrected chi connectivity index (χ2v) is 6.46. The van der Waals surface area contributed by atoms with E-state index in [-0.39, 0.29) is 36.2 Å². The van der Waals surface area contributed by atoms with Gasteiger partial charge < -0.3 is 9.47 Å². The second-order valence-electron chi connectivity index (χ2n) is 6.46. The van der Waals surface area contributed by atoms with Crippen LogP contribution in [0.25, 0.3) is 0 Å². The Balaban J connectivity index is 1.72. The Labute approximate surface area is 124 Å². The molecular formula is C17H19NO3. The summed E-state index contributed by atoms with van der Waals surface area (Å²) in [4.78, 5) is 17.0. The van der Waals surface area contributed by atoms with Gasteiger partial charge in [-0.3, -0.25) is 9.79 Å². The van der Waals surface area contributed by atoms with Gasteiger partial charge in [-0.25, -0.2) is 0 Å². The summed E-state index contributed by atoms with van der Waals surface area (Å²) in [5.74, 6) is 0.0704. The number of aliphatic imine (C=N–C) groups is 1. The highest BCUT2D eigenvalue weighted by Crippen LogP contribution is 2.46. The lowest BCUT2D eigenvalue weighted by atomic mass is 9.81. The molecule has 4 nitrogen and oxygen atoms in total. The molecule has 21 heavy (non-hydrogen) atoms. The molecule has 0 N–H and O–H groups in total. The first-order valence-electron chi connectivity index (χ1n) is 7.64. The molecule has 0 aromatic heterocycles. The first-order valence-corrected chi connectivity index (χ1v) is 7.64. The predicted octanol–water partition coefficient (Wildman–Crippen LogP) is 2.42. The van der Waals surface area contributed by atoms with Crippen molar-refractivity contribution in [2.24, 2.45) is 22.7 Å². The Kier molecular flexibility index (Phi) is 2.89. The molecule has 5 atom stereocenters. The minimum Gasteiger partial charge on any atom is -0.461 e. The Morgan fingerprint density at radius 1 is 1.24 bits per heavy atom. The number of benzene rings is 1. The molecule has 4 rings (SSSR count). The maximum Gasteiger partial charge on any atom is 0.315 e. The van der Waals surface area contributed by atoms with Crippen LogP contribution < -0.4 is 0 Å². The van der Waals surface area contributed by atoms with Gasteiger partial charge in [0.15, 0.2) is 6.23 Å². The average Bonchev–Trinajstić information content (AvgIpc) is 3.02. The second kappa shape index (κ2) is 4.67. The standard InChI is InChI=1S/C17H19NO3/c1-9(2)11-8-12-13-14(17(19)21-12)15(18-16(13)20-11)10-6-4-3-5-7-10/h3-7,9,11-14,16H,8H2,1-2H3/t11-,12-,13+,14-,16+/m0/s1. The van der Waals surface area contributed by atoms with E-state index < -0.39 is 0 Å². The van der Waals surface area contributed by atoms with Gasteiger partial charge in [-0.2, -0.15) is 0 Å². The van der Waals surface area contributed by atoms with E-state index in [0.717, 1.165) is 17.7 Å². The Morgan fingerprint density at radius 2 is 2.00 bits per heavy atom. The topological polar surface area (TPSA) is 47.9 Å². The van der Waals surface area contributed by atoms with E-state index in [0.29, 0.717) is 5.92 Å². The summed E-state index contributed by atoms with van der Waals surface area (Å²) in [6.07, 6.45) is 0.627. The van der Waals surface area contributed by atoms with Gasteiger partial charge in [0.05, 0.1) is 17.7 Å². The summed E-state index contributed by atoms with van der Waals surface area (Å²) in [6, 6.07) is 9.89. The van der Waals surface area contributed by atoms with Crippen LogP contribution in [0.4, 0.5) is 0 Å². The number of nitrogens with zero attached hydrogens (tertiary/aromatic N) is 1. The van der Waals surface area contributed by atoms with Gasteiger partial charge in [0.2, 0.25) is 0 Å². The Bertz CT molecular complexity index is 595. The van der Waals surface area contributed by atoms with E-state index in [1.165, 1.54) is 0 Å². The van der Waals surface area contributed by atoms with Crippen molar-refractivity contribution in [3.8, 4) is 0 Å². The Hall–Kier alpha value is -1.68. The summed E-state index contributed by atoms with van der Waals surface area (Å²) >= 11 is 0. The van der Waals surface area contributed by atoms with Crippen LogP contribution in [0.2, 0.25) is 0 Å². The highest BCUT2D eigenvalue weighted by Gasteiger charge is 2.58. The van der Waals surface area contributed by atoms with E-state index in [1.54, 1.807) is 0 Å². The third kappa shape index (κ3) is 1.93. The lowest BCUT2D eigenvalue weighted by Crippen LogP contribution is -2.43. The summed E-state index contributed by atoms with van der Waals surface area (Å²) in [7, 11) is 0. The van der Waals surface area contributed by atoms with Crippen molar-refractivity contribution in [2.75, 3.05) is 0 Å². The molecule has 0 unspecified atom stereocenters. The number of hydrogen-bond donors (Lipinski definition) is 0. The monoisotopic (exact) mass is 285 g/mol. The summed E-state index contributed by atoms with van der Waals surface area (Å²) in [6.45, 7) is 4.27. The van der Waals surface area contributed by atoms with Crippen molar-refractivity contribution in [3.63, 3.8) is 0 Å². The van der Waals surface area contributed by atoms with Crippen molar-refractivity contribution in [3.05, 3.63) is 35.9 Å². The molecule has 0 amide bonds. The fraction of sp³-hybridized carbons (Fsp3) is 0.529. The van der Waals surface area contributed by atoms with Crippen molar-refractivity contribution in [1.82, 2.24) is 0 Å².